The number of carbonyl (C=O) groups is 1. The zero-order valence-corrected chi connectivity index (χ0v) is 11.2. The summed E-state index contributed by atoms with van der Waals surface area (Å²) < 4.78 is 0. The minimum atomic E-state index is -0.953. The Morgan fingerprint density at radius 1 is 1.44 bits per heavy atom. The van der Waals surface area contributed by atoms with E-state index in [1.54, 1.807) is 18.2 Å². The second-order valence-corrected chi connectivity index (χ2v) is 5.46. The SMILES string of the molecule is CC(C)(CO)c1cc(Cl)cc([C@@H](N)CC(=O)O)c1. The van der Waals surface area contributed by atoms with Crippen LogP contribution in [0.3, 0.4) is 0 Å². The van der Waals surface area contributed by atoms with E-state index >= 15 is 0 Å². The maximum absolute atomic E-state index is 10.7. The largest absolute Gasteiger partial charge is 0.481 e. The van der Waals surface area contributed by atoms with Gasteiger partial charge in [0.25, 0.3) is 0 Å². The van der Waals surface area contributed by atoms with Crippen molar-refractivity contribution in [3.05, 3.63) is 34.3 Å². The van der Waals surface area contributed by atoms with E-state index in [1.807, 2.05) is 13.8 Å². The number of carboxylic acid groups (broad SMARTS) is 1. The van der Waals surface area contributed by atoms with Crippen LogP contribution in [0.5, 0.6) is 0 Å². The summed E-state index contributed by atoms with van der Waals surface area (Å²) in [7, 11) is 0. The molecule has 0 amide bonds. The maximum atomic E-state index is 10.7. The Bertz CT molecular complexity index is 446. The third kappa shape index (κ3) is 3.70. The summed E-state index contributed by atoms with van der Waals surface area (Å²) in [6, 6.07) is 4.62. The summed E-state index contributed by atoms with van der Waals surface area (Å²) in [6.07, 6.45) is -0.153. The van der Waals surface area contributed by atoms with E-state index in [9.17, 15) is 9.90 Å². The lowest BCUT2D eigenvalue weighted by atomic mass is 9.84. The van der Waals surface area contributed by atoms with Gasteiger partial charge in [0, 0.05) is 16.5 Å². The molecule has 0 aliphatic rings. The molecule has 1 rings (SSSR count). The van der Waals surface area contributed by atoms with Gasteiger partial charge in [-0.25, -0.2) is 0 Å². The number of nitrogens with two attached hydrogens (primary N) is 1. The fourth-order valence-electron chi connectivity index (χ4n) is 1.61. The first-order valence-corrected chi connectivity index (χ1v) is 6.03. The van der Waals surface area contributed by atoms with E-state index in [2.05, 4.69) is 0 Å². The zero-order chi connectivity index (χ0) is 13.9. The van der Waals surface area contributed by atoms with Gasteiger partial charge in [0.2, 0.25) is 0 Å². The van der Waals surface area contributed by atoms with Crippen LogP contribution in [-0.2, 0) is 10.2 Å². The molecule has 0 aliphatic carbocycles. The molecule has 18 heavy (non-hydrogen) atoms. The first-order valence-electron chi connectivity index (χ1n) is 5.65. The molecule has 0 saturated carbocycles. The normalized spacial score (nSPS) is 13.4. The highest BCUT2D eigenvalue weighted by Gasteiger charge is 2.22. The minimum Gasteiger partial charge on any atom is -0.481 e. The lowest BCUT2D eigenvalue weighted by Gasteiger charge is -2.24. The molecule has 0 bridgehead atoms. The topological polar surface area (TPSA) is 83.5 Å². The summed E-state index contributed by atoms with van der Waals surface area (Å²) in [4.78, 5) is 10.7. The van der Waals surface area contributed by atoms with Crippen molar-refractivity contribution in [2.24, 2.45) is 5.73 Å². The number of aliphatic carboxylic acids is 1. The maximum Gasteiger partial charge on any atom is 0.305 e. The van der Waals surface area contributed by atoms with Gasteiger partial charge in [0.15, 0.2) is 0 Å². The summed E-state index contributed by atoms with van der Waals surface area (Å²) in [5, 5.41) is 18.6. The molecule has 1 atom stereocenters. The van der Waals surface area contributed by atoms with Crippen molar-refractivity contribution in [1.29, 1.82) is 0 Å². The Labute approximate surface area is 111 Å². The molecule has 0 saturated heterocycles. The van der Waals surface area contributed by atoms with Crippen molar-refractivity contribution in [3.63, 3.8) is 0 Å². The van der Waals surface area contributed by atoms with Crippen molar-refractivity contribution >= 4 is 17.6 Å². The second kappa shape index (κ2) is 5.69. The van der Waals surface area contributed by atoms with Gasteiger partial charge in [-0.1, -0.05) is 31.5 Å². The third-order valence-electron chi connectivity index (χ3n) is 2.92. The second-order valence-electron chi connectivity index (χ2n) is 5.02. The number of hydrogen-bond acceptors (Lipinski definition) is 3. The van der Waals surface area contributed by atoms with Gasteiger partial charge in [0.1, 0.15) is 0 Å². The molecule has 0 spiro atoms. The smallest absolute Gasteiger partial charge is 0.305 e. The summed E-state index contributed by atoms with van der Waals surface area (Å²) in [5.74, 6) is -0.953. The Balaban J connectivity index is 3.12. The van der Waals surface area contributed by atoms with Crippen molar-refractivity contribution in [2.75, 3.05) is 6.61 Å². The molecule has 0 radical (unpaired) electrons. The van der Waals surface area contributed by atoms with E-state index < -0.39 is 17.4 Å². The zero-order valence-electron chi connectivity index (χ0n) is 10.5. The van der Waals surface area contributed by atoms with Gasteiger partial charge < -0.3 is 15.9 Å². The number of carboxylic acids is 1. The van der Waals surface area contributed by atoms with Crippen LogP contribution in [0.15, 0.2) is 18.2 Å². The summed E-state index contributed by atoms with van der Waals surface area (Å²) in [5.41, 5.74) is 6.88. The van der Waals surface area contributed by atoms with Crippen LogP contribution in [0.2, 0.25) is 5.02 Å². The van der Waals surface area contributed by atoms with Gasteiger partial charge in [-0.05, 0) is 23.3 Å². The third-order valence-corrected chi connectivity index (χ3v) is 3.14. The van der Waals surface area contributed by atoms with E-state index in [-0.39, 0.29) is 13.0 Å². The molecule has 0 fully saturated rings. The molecular formula is C13H18ClNO3. The predicted octanol–water partition coefficient (Wildman–Crippen LogP) is 2.08. The highest BCUT2D eigenvalue weighted by Crippen LogP contribution is 2.29. The molecule has 5 heteroatoms. The van der Waals surface area contributed by atoms with Gasteiger partial charge in [-0.2, -0.15) is 0 Å². The van der Waals surface area contributed by atoms with Crippen molar-refractivity contribution in [2.45, 2.75) is 31.7 Å². The lowest BCUT2D eigenvalue weighted by Crippen LogP contribution is -2.23. The summed E-state index contributed by atoms with van der Waals surface area (Å²) >= 11 is 6.01. The molecule has 0 aromatic heterocycles. The van der Waals surface area contributed by atoms with Gasteiger partial charge in [-0.15, -0.1) is 0 Å². The molecule has 100 valence electrons. The fraction of sp³-hybridized carbons (Fsp3) is 0.462. The summed E-state index contributed by atoms with van der Waals surface area (Å²) in [6.45, 7) is 3.73. The number of rotatable bonds is 5. The van der Waals surface area contributed by atoms with Gasteiger partial charge in [0.05, 0.1) is 13.0 Å². The average Bonchev–Trinajstić information content (AvgIpc) is 2.27. The fourth-order valence-corrected chi connectivity index (χ4v) is 1.86. The number of benzene rings is 1. The Hall–Kier alpha value is -1.10. The predicted molar refractivity (Wildman–Crippen MR) is 70.7 cm³/mol. The van der Waals surface area contributed by atoms with E-state index in [4.69, 9.17) is 22.4 Å². The van der Waals surface area contributed by atoms with Crippen LogP contribution in [0, 0.1) is 0 Å². The van der Waals surface area contributed by atoms with Crippen LogP contribution in [0.1, 0.15) is 37.4 Å². The quantitative estimate of drug-likeness (QED) is 0.766. The monoisotopic (exact) mass is 271 g/mol. The minimum absolute atomic E-state index is 0.0268. The molecule has 1 aromatic carbocycles. The van der Waals surface area contributed by atoms with Crippen LogP contribution in [0.25, 0.3) is 0 Å². The number of aliphatic hydroxyl groups is 1. The molecule has 4 nitrogen and oxygen atoms in total. The highest BCUT2D eigenvalue weighted by molar-refractivity contribution is 6.30. The highest BCUT2D eigenvalue weighted by atomic mass is 35.5. The van der Waals surface area contributed by atoms with E-state index in [1.165, 1.54) is 0 Å². The lowest BCUT2D eigenvalue weighted by molar-refractivity contribution is -0.137. The van der Waals surface area contributed by atoms with Crippen LogP contribution >= 0.6 is 11.6 Å². The number of halogens is 1. The van der Waals surface area contributed by atoms with Crippen molar-refractivity contribution in [3.8, 4) is 0 Å². The number of aliphatic hydroxyl groups excluding tert-OH is 1. The van der Waals surface area contributed by atoms with E-state index in [0.29, 0.717) is 10.6 Å². The van der Waals surface area contributed by atoms with Crippen LogP contribution in [0.4, 0.5) is 0 Å². The molecule has 0 aliphatic heterocycles. The van der Waals surface area contributed by atoms with Crippen molar-refractivity contribution < 1.29 is 15.0 Å². The standard InChI is InChI=1S/C13H18ClNO3/c1-13(2,7-16)9-3-8(4-10(14)5-9)11(15)6-12(17)18/h3-5,11,16H,6-7,15H2,1-2H3,(H,17,18)/t11-/m0/s1. The molecule has 0 unspecified atom stereocenters. The van der Waals surface area contributed by atoms with Crippen molar-refractivity contribution in [1.82, 2.24) is 0 Å². The average molecular weight is 272 g/mol. The molecule has 4 N–H and O–H groups in total. The Morgan fingerprint density at radius 2 is 2.06 bits per heavy atom. The first-order chi connectivity index (χ1) is 8.26. The first kappa shape index (κ1) is 15.0. The van der Waals surface area contributed by atoms with Crippen LogP contribution in [-0.4, -0.2) is 22.8 Å². The van der Waals surface area contributed by atoms with Gasteiger partial charge in [-0.3, -0.25) is 4.79 Å². The van der Waals surface area contributed by atoms with Gasteiger partial charge >= 0.3 is 5.97 Å². The number of hydrogen-bond donors (Lipinski definition) is 3. The molecule has 0 heterocycles. The molecule has 1 aromatic rings. The Morgan fingerprint density at radius 3 is 2.56 bits per heavy atom. The molecular weight excluding hydrogens is 254 g/mol. The van der Waals surface area contributed by atoms with Crippen LogP contribution < -0.4 is 5.73 Å². The van der Waals surface area contributed by atoms with E-state index in [0.717, 1.165) is 5.56 Å². The Kier molecular flexibility index (Phi) is 4.73.